The zero-order chi connectivity index (χ0) is 14.6. The second-order valence-corrected chi connectivity index (χ2v) is 8.48. The van der Waals surface area contributed by atoms with Crippen LogP contribution in [0.15, 0.2) is 16.3 Å². The standard InChI is InChI=1S/C14H24N2O2S2/c1-3-4-5-8-16(2)20(17,18)14-9-13(19-11-14)10-15-12-6-7-12/h9,11-12,15H,3-8,10H2,1-2H3. The van der Waals surface area contributed by atoms with Gasteiger partial charge in [0.2, 0.25) is 10.0 Å². The maximum atomic E-state index is 12.4. The molecule has 2 rings (SSSR count). The fraction of sp³-hybridized carbons (Fsp3) is 0.714. The van der Waals surface area contributed by atoms with Gasteiger partial charge in [0.25, 0.3) is 0 Å². The summed E-state index contributed by atoms with van der Waals surface area (Å²) in [6.45, 7) is 3.50. The molecule has 0 radical (unpaired) electrons. The molecule has 1 aliphatic rings. The first-order valence-corrected chi connectivity index (χ1v) is 9.63. The molecule has 0 bridgehead atoms. The second-order valence-electron chi connectivity index (χ2n) is 5.44. The van der Waals surface area contributed by atoms with E-state index >= 15 is 0 Å². The van der Waals surface area contributed by atoms with E-state index in [1.807, 2.05) is 6.07 Å². The normalized spacial score (nSPS) is 15.9. The molecule has 4 nitrogen and oxygen atoms in total. The Hall–Kier alpha value is -0.430. The van der Waals surface area contributed by atoms with E-state index in [0.29, 0.717) is 17.5 Å². The lowest BCUT2D eigenvalue weighted by Gasteiger charge is -2.15. The van der Waals surface area contributed by atoms with Crippen LogP contribution in [0.1, 0.15) is 43.9 Å². The summed E-state index contributed by atoms with van der Waals surface area (Å²) in [6, 6.07) is 2.46. The fourth-order valence-electron chi connectivity index (χ4n) is 2.01. The van der Waals surface area contributed by atoms with E-state index < -0.39 is 10.0 Å². The van der Waals surface area contributed by atoms with Gasteiger partial charge in [0, 0.05) is 36.4 Å². The molecule has 0 unspecified atom stereocenters. The molecule has 114 valence electrons. The van der Waals surface area contributed by atoms with Crippen molar-refractivity contribution in [2.45, 2.75) is 56.5 Å². The molecule has 1 heterocycles. The van der Waals surface area contributed by atoms with Crippen LogP contribution >= 0.6 is 11.3 Å². The predicted molar refractivity (Wildman–Crippen MR) is 83.5 cm³/mol. The van der Waals surface area contributed by atoms with Gasteiger partial charge in [-0.05, 0) is 25.3 Å². The van der Waals surface area contributed by atoms with Crippen LogP contribution in [0.5, 0.6) is 0 Å². The van der Waals surface area contributed by atoms with Crippen molar-refractivity contribution in [1.29, 1.82) is 0 Å². The largest absolute Gasteiger partial charge is 0.309 e. The first-order chi connectivity index (χ1) is 9.54. The van der Waals surface area contributed by atoms with Crippen LogP contribution in [0.25, 0.3) is 0 Å². The van der Waals surface area contributed by atoms with Crippen molar-refractivity contribution in [2.24, 2.45) is 0 Å². The molecule has 0 aliphatic heterocycles. The van der Waals surface area contributed by atoms with Gasteiger partial charge < -0.3 is 5.32 Å². The van der Waals surface area contributed by atoms with Crippen molar-refractivity contribution in [3.05, 3.63) is 16.3 Å². The summed E-state index contributed by atoms with van der Waals surface area (Å²) in [5.74, 6) is 0. The third-order valence-corrected chi connectivity index (χ3v) is 6.48. The lowest BCUT2D eigenvalue weighted by molar-refractivity contribution is 0.454. The Morgan fingerprint density at radius 3 is 2.80 bits per heavy atom. The Bertz CT molecular complexity index is 521. The summed E-state index contributed by atoms with van der Waals surface area (Å²) < 4.78 is 26.3. The Morgan fingerprint density at radius 2 is 2.15 bits per heavy atom. The molecule has 0 saturated heterocycles. The number of hydrogen-bond acceptors (Lipinski definition) is 4. The van der Waals surface area contributed by atoms with Crippen LogP contribution in [-0.4, -0.2) is 32.4 Å². The Kier molecular flexibility index (Phi) is 5.60. The van der Waals surface area contributed by atoms with Crippen LogP contribution in [0.2, 0.25) is 0 Å². The van der Waals surface area contributed by atoms with E-state index in [1.165, 1.54) is 28.5 Å². The van der Waals surface area contributed by atoms with Gasteiger partial charge in [0.1, 0.15) is 0 Å². The monoisotopic (exact) mass is 316 g/mol. The highest BCUT2D eigenvalue weighted by Gasteiger charge is 2.23. The van der Waals surface area contributed by atoms with E-state index in [1.54, 1.807) is 12.4 Å². The minimum Gasteiger partial charge on any atom is -0.309 e. The molecule has 1 aromatic heterocycles. The van der Waals surface area contributed by atoms with Crippen molar-refractivity contribution in [3.8, 4) is 0 Å². The highest BCUT2D eigenvalue weighted by atomic mass is 32.2. The third kappa shape index (κ3) is 4.28. The lowest BCUT2D eigenvalue weighted by Crippen LogP contribution is -2.27. The molecule has 1 saturated carbocycles. The first kappa shape index (κ1) is 15.9. The molecule has 6 heteroatoms. The number of rotatable bonds is 9. The number of sulfonamides is 1. The maximum Gasteiger partial charge on any atom is 0.243 e. The maximum absolute atomic E-state index is 12.4. The highest BCUT2D eigenvalue weighted by Crippen LogP contribution is 2.24. The Labute approximate surface area is 126 Å². The molecular formula is C14H24N2O2S2. The molecule has 0 aromatic carbocycles. The molecule has 20 heavy (non-hydrogen) atoms. The number of nitrogens with zero attached hydrogens (tertiary/aromatic N) is 1. The van der Waals surface area contributed by atoms with Crippen LogP contribution in [0.3, 0.4) is 0 Å². The van der Waals surface area contributed by atoms with Crippen molar-refractivity contribution in [1.82, 2.24) is 9.62 Å². The zero-order valence-corrected chi connectivity index (χ0v) is 13.9. The Morgan fingerprint density at radius 1 is 1.40 bits per heavy atom. The number of unbranched alkanes of at least 4 members (excludes halogenated alkanes) is 2. The predicted octanol–water partition coefficient (Wildman–Crippen LogP) is 2.81. The summed E-state index contributed by atoms with van der Waals surface area (Å²) in [7, 11) is -1.63. The van der Waals surface area contributed by atoms with Crippen molar-refractivity contribution in [3.63, 3.8) is 0 Å². The summed E-state index contributed by atoms with van der Waals surface area (Å²) >= 11 is 1.52. The van der Waals surface area contributed by atoms with Gasteiger partial charge in [-0.15, -0.1) is 11.3 Å². The zero-order valence-electron chi connectivity index (χ0n) is 12.3. The minimum absolute atomic E-state index is 0.439. The number of hydrogen-bond donors (Lipinski definition) is 1. The Balaban J connectivity index is 1.93. The van der Waals surface area contributed by atoms with Gasteiger partial charge in [-0.1, -0.05) is 19.8 Å². The smallest absolute Gasteiger partial charge is 0.243 e. The van der Waals surface area contributed by atoms with Crippen molar-refractivity contribution >= 4 is 21.4 Å². The molecule has 1 fully saturated rings. The van der Waals surface area contributed by atoms with E-state index in [9.17, 15) is 8.42 Å². The van der Waals surface area contributed by atoms with Crippen molar-refractivity contribution in [2.75, 3.05) is 13.6 Å². The second kappa shape index (κ2) is 7.02. The lowest BCUT2D eigenvalue weighted by atomic mass is 10.2. The topological polar surface area (TPSA) is 49.4 Å². The van der Waals surface area contributed by atoms with Crippen LogP contribution in [0.4, 0.5) is 0 Å². The summed E-state index contributed by atoms with van der Waals surface area (Å²) in [4.78, 5) is 1.53. The average molecular weight is 316 g/mol. The molecule has 1 aliphatic carbocycles. The van der Waals surface area contributed by atoms with Crippen molar-refractivity contribution < 1.29 is 8.42 Å². The quantitative estimate of drug-likeness (QED) is 0.713. The van der Waals surface area contributed by atoms with E-state index in [-0.39, 0.29) is 0 Å². The third-order valence-electron chi connectivity index (χ3n) is 3.56. The van der Waals surface area contributed by atoms with Gasteiger partial charge in [-0.2, -0.15) is 0 Å². The molecule has 0 amide bonds. The summed E-state index contributed by atoms with van der Waals surface area (Å²) in [5.41, 5.74) is 0. The van der Waals surface area contributed by atoms with E-state index in [4.69, 9.17) is 0 Å². The van der Waals surface area contributed by atoms with Crippen LogP contribution in [0, 0.1) is 0 Å². The number of nitrogens with one attached hydrogen (secondary N) is 1. The first-order valence-electron chi connectivity index (χ1n) is 7.31. The molecule has 1 N–H and O–H groups in total. The number of thiophene rings is 1. The van der Waals surface area contributed by atoms with Crippen LogP contribution < -0.4 is 5.32 Å². The minimum atomic E-state index is -3.31. The van der Waals surface area contributed by atoms with Gasteiger partial charge >= 0.3 is 0 Å². The summed E-state index contributed by atoms with van der Waals surface area (Å²) in [5, 5.41) is 5.17. The molecule has 0 spiro atoms. The van der Waals surface area contributed by atoms with Gasteiger partial charge in [-0.3, -0.25) is 0 Å². The van der Waals surface area contributed by atoms with Crippen LogP contribution in [-0.2, 0) is 16.6 Å². The van der Waals surface area contributed by atoms with Gasteiger partial charge in [0.05, 0.1) is 4.90 Å². The van der Waals surface area contributed by atoms with Gasteiger partial charge in [0.15, 0.2) is 0 Å². The average Bonchev–Trinajstić information content (AvgIpc) is 3.12. The molecule has 0 atom stereocenters. The SMILES string of the molecule is CCCCCN(C)S(=O)(=O)c1csc(CNC2CC2)c1. The molecule has 1 aromatic rings. The van der Waals surface area contributed by atoms with E-state index in [2.05, 4.69) is 12.2 Å². The molecular weight excluding hydrogens is 292 g/mol. The van der Waals surface area contributed by atoms with E-state index in [0.717, 1.165) is 30.7 Å². The highest BCUT2D eigenvalue weighted by molar-refractivity contribution is 7.89. The summed E-state index contributed by atoms with van der Waals surface area (Å²) in [6.07, 6.45) is 5.59. The fourth-order valence-corrected chi connectivity index (χ4v) is 4.43. The van der Waals surface area contributed by atoms with Gasteiger partial charge in [-0.25, -0.2) is 12.7 Å².